The Labute approximate surface area is 88.9 Å². The number of rotatable bonds is 3. The van der Waals surface area contributed by atoms with E-state index < -0.39 is 0 Å². The summed E-state index contributed by atoms with van der Waals surface area (Å²) in [5.41, 5.74) is 0.550. The van der Waals surface area contributed by atoms with Crippen molar-refractivity contribution in [3.63, 3.8) is 0 Å². The minimum absolute atomic E-state index is 0.550. The van der Waals surface area contributed by atoms with E-state index in [4.69, 9.17) is 0 Å². The summed E-state index contributed by atoms with van der Waals surface area (Å²) >= 11 is 1.68. The highest BCUT2D eigenvalue weighted by Gasteiger charge is 2.35. The topological polar surface area (TPSA) is 37.8 Å². The van der Waals surface area contributed by atoms with Crippen LogP contribution in [0.4, 0.5) is 0 Å². The first-order chi connectivity index (χ1) is 6.55. The zero-order chi connectivity index (χ0) is 10.2. The van der Waals surface area contributed by atoms with Crippen LogP contribution < -0.4 is 5.32 Å². The molecule has 3 nitrogen and oxygen atoms in total. The molecule has 0 aromatic carbocycles. The monoisotopic (exact) mass is 211 g/mol. The first-order valence-corrected chi connectivity index (χ1v) is 5.89. The van der Waals surface area contributed by atoms with Gasteiger partial charge in [0.2, 0.25) is 0 Å². The predicted octanol–water partition coefficient (Wildman–Crippen LogP) is 2.12. The normalized spacial score (nSPS) is 20.8. The van der Waals surface area contributed by atoms with Crippen molar-refractivity contribution in [2.24, 2.45) is 5.41 Å². The van der Waals surface area contributed by atoms with E-state index in [-0.39, 0.29) is 0 Å². The maximum Gasteiger partial charge on any atom is 0.131 e. The molecule has 0 atom stereocenters. The van der Waals surface area contributed by atoms with E-state index >= 15 is 0 Å². The zero-order valence-corrected chi connectivity index (χ0v) is 9.82. The van der Waals surface area contributed by atoms with Crippen molar-refractivity contribution < 1.29 is 0 Å². The van der Waals surface area contributed by atoms with Crippen molar-refractivity contribution in [2.75, 3.05) is 0 Å². The molecule has 0 aliphatic heterocycles. The molecule has 14 heavy (non-hydrogen) atoms. The Morgan fingerprint density at radius 3 is 2.64 bits per heavy atom. The van der Waals surface area contributed by atoms with Crippen molar-refractivity contribution in [2.45, 2.75) is 46.2 Å². The second-order valence-corrected chi connectivity index (χ2v) is 6.13. The number of nitrogens with zero attached hydrogens (tertiary/aromatic N) is 2. The van der Waals surface area contributed by atoms with Crippen LogP contribution in [0.1, 0.15) is 36.7 Å². The molecule has 0 unspecified atom stereocenters. The van der Waals surface area contributed by atoms with Crippen molar-refractivity contribution in [1.82, 2.24) is 15.5 Å². The number of nitrogens with one attached hydrogen (secondary N) is 1. The Bertz CT molecular complexity index is 311. The van der Waals surface area contributed by atoms with Crippen LogP contribution in [0.25, 0.3) is 0 Å². The Hall–Kier alpha value is -0.480. The molecule has 0 saturated heterocycles. The largest absolute Gasteiger partial charge is 0.308 e. The van der Waals surface area contributed by atoms with Gasteiger partial charge in [-0.3, -0.25) is 0 Å². The van der Waals surface area contributed by atoms with Crippen LogP contribution in [0.3, 0.4) is 0 Å². The lowest BCUT2D eigenvalue weighted by atomic mass is 9.68. The van der Waals surface area contributed by atoms with E-state index in [1.54, 1.807) is 11.3 Å². The van der Waals surface area contributed by atoms with Crippen LogP contribution in [0.15, 0.2) is 0 Å². The van der Waals surface area contributed by atoms with Crippen LogP contribution in [0.5, 0.6) is 0 Å². The molecule has 1 aliphatic rings. The maximum atomic E-state index is 4.09. The first kappa shape index (κ1) is 10.1. The summed E-state index contributed by atoms with van der Waals surface area (Å²) in [6.07, 6.45) is 2.57. The maximum absolute atomic E-state index is 4.09. The summed E-state index contributed by atoms with van der Waals surface area (Å²) in [5.74, 6) is 0. The lowest BCUT2D eigenvalue weighted by Crippen LogP contribution is -2.45. The molecule has 0 bridgehead atoms. The van der Waals surface area contributed by atoms with Gasteiger partial charge in [-0.05, 0) is 25.2 Å². The lowest BCUT2D eigenvalue weighted by molar-refractivity contribution is 0.125. The molecule has 1 saturated carbocycles. The molecule has 0 amide bonds. The summed E-state index contributed by atoms with van der Waals surface area (Å²) in [6.45, 7) is 7.51. The number of hydrogen-bond acceptors (Lipinski definition) is 4. The molecule has 0 spiro atoms. The van der Waals surface area contributed by atoms with E-state index in [0.717, 1.165) is 16.6 Å². The molecular weight excluding hydrogens is 194 g/mol. The van der Waals surface area contributed by atoms with Crippen LogP contribution in [0, 0.1) is 12.3 Å². The van der Waals surface area contributed by atoms with E-state index in [0.29, 0.717) is 11.5 Å². The van der Waals surface area contributed by atoms with E-state index in [9.17, 15) is 0 Å². The molecule has 1 N–H and O–H groups in total. The fourth-order valence-corrected chi connectivity index (χ4v) is 2.72. The van der Waals surface area contributed by atoms with Gasteiger partial charge in [0.1, 0.15) is 10.0 Å². The van der Waals surface area contributed by atoms with Crippen LogP contribution >= 0.6 is 11.3 Å². The van der Waals surface area contributed by atoms with Crippen LogP contribution in [0.2, 0.25) is 0 Å². The van der Waals surface area contributed by atoms with Gasteiger partial charge in [-0.25, -0.2) is 0 Å². The minimum Gasteiger partial charge on any atom is -0.308 e. The molecular formula is C10H17N3S. The van der Waals surface area contributed by atoms with Gasteiger partial charge < -0.3 is 5.32 Å². The van der Waals surface area contributed by atoms with Crippen LogP contribution in [-0.2, 0) is 6.54 Å². The van der Waals surface area contributed by atoms with Crippen molar-refractivity contribution in [3.8, 4) is 0 Å². The third-order valence-corrected chi connectivity index (χ3v) is 3.55. The third-order valence-electron chi connectivity index (χ3n) is 2.71. The molecule has 4 heteroatoms. The van der Waals surface area contributed by atoms with Crippen molar-refractivity contribution in [1.29, 1.82) is 0 Å². The second kappa shape index (κ2) is 3.59. The van der Waals surface area contributed by atoms with E-state index in [1.165, 1.54) is 12.8 Å². The first-order valence-electron chi connectivity index (χ1n) is 5.07. The molecule has 0 radical (unpaired) electrons. The molecule has 1 aromatic heterocycles. The fourth-order valence-electron chi connectivity index (χ4n) is 2.06. The van der Waals surface area contributed by atoms with Gasteiger partial charge in [0.05, 0.1) is 0 Å². The van der Waals surface area contributed by atoms with Gasteiger partial charge in [-0.2, -0.15) is 0 Å². The summed E-state index contributed by atoms with van der Waals surface area (Å²) in [6, 6.07) is 0.689. The number of aryl methyl sites for hydroxylation is 1. The smallest absolute Gasteiger partial charge is 0.131 e. The fraction of sp³-hybridized carbons (Fsp3) is 0.800. The van der Waals surface area contributed by atoms with E-state index in [2.05, 4.69) is 29.4 Å². The number of hydrogen-bond donors (Lipinski definition) is 1. The van der Waals surface area contributed by atoms with Crippen LogP contribution in [-0.4, -0.2) is 16.2 Å². The van der Waals surface area contributed by atoms with Crippen molar-refractivity contribution in [3.05, 3.63) is 10.0 Å². The quantitative estimate of drug-likeness (QED) is 0.832. The van der Waals surface area contributed by atoms with E-state index in [1.807, 2.05) is 6.92 Å². The third kappa shape index (κ3) is 2.30. The van der Waals surface area contributed by atoms with Gasteiger partial charge in [-0.1, -0.05) is 13.8 Å². The standard InChI is InChI=1S/C10H17N3S/c1-7-12-13-9(14-7)6-11-8-4-10(2,3)5-8/h8,11H,4-6H2,1-3H3. The SMILES string of the molecule is Cc1nnc(CNC2CC(C)(C)C2)s1. The molecule has 78 valence electrons. The summed E-state index contributed by atoms with van der Waals surface area (Å²) in [5, 5.41) is 13.8. The minimum atomic E-state index is 0.550. The highest BCUT2D eigenvalue weighted by Crippen LogP contribution is 2.39. The Morgan fingerprint density at radius 1 is 1.43 bits per heavy atom. The second-order valence-electron chi connectivity index (χ2n) is 4.87. The van der Waals surface area contributed by atoms with Gasteiger partial charge >= 0.3 is 0 Å². The highest BCUT2D eigenvalue weighted by atomic mass is 32.1. The van der Waals surface area contributed by atoms with Gasteiger partial charge in [0, 0.05) is 12.6 Å². The highest BCUT2D eigenvalue weighted by molar-refractivity contribution is 7.11. The molecule has 1 heterocycles. The van der Waals surface area contributed by atoms with Crippen molar-refractivity contribution >= 4 is 11.3 Å². The Balaban J connectivity index is 1.74. The summed E-state index contributed by atoms with van der Waals surface area (Å²) < 4.78 is 0. The lowest BCUT2D eigenvalue weighted by Gasteiger charge is -2.43. The molecule has 1 fully saturated rings. The molecule has 1 aliphatic carbocycles. The van der Waals surface area contributed by atoms with Gasteiger partial charge in [0.15, 0.2) is 0 Å². The van der Waals surface area contributed by atoms with Gasteiger partial charge in [-0.15, -0.1) is 21.5 Å². The zero-order valence-electron chi connectivity index (χ0n) is 9.00. The van der Waals surface area contributed by atoms with Gasteiger partial charge in [0.25, 0.3) is 0 Å². The number of aromatic nitrogens is 2. The average molecular weight is 211 g/mol. The summed E-state index contributed by atoms with van der Waals surface area (Å²) in [4.78, 5) is 0. The Morgan fingerprint density at radius 2 is 2.14 bits per heavy atom. The molecule has 1 aromatic rings. The molecule has 2 rings (SSSR count). The predicted molar refractivity (Wildman–Crippen MR) is 58.3 cm³/mol. The Kier molecular flexibility index (Phi) is 2.58. The average Bonchev–Trinajstić information content (AvgIpc) is 2.44. The summed E-state index contributed by atoms with van der Waals surface area (Å²) in [7, 11) is 0.